The first-order chi connectivity index (χ1) is 10.5. The summed E-state index contributed by atoms with van der Waals surface area (Å²) in [7, 11) is -3.78. The molecule has 0 aliphatic carbocycles. The summed E-state index contributed by atoms with van der Waals surface area (Å²) in [5.74, 6) is 0.357. The number of hydrogen-bond acceptors (Lipinski definition) is 6. The molecule has 0 unspecified atom stereocenters. The number of nitrogens with zero attached hydrogens (tertiary/aromatic N) is 2. The fourth-order valence-electron chi connectivity index (χ4n) is 2.19. The number of hydrogen-bond donors (Lipinski definition) is 1. The van der Waals surface area contributed by atoms with Crippen LogP contribution in [0.25, 0.3) is 0 Å². The van der Waals surface area contributed by atoms with Gasteiger partial charge < -0.3 is 4.74 Å². The molecule has 6 nitrogen and oxygen atoms in total. The zero-order valence-electron chi connectivity index (χ0n) is 11.5. The number of rotatable bonds is 4. The van der Waals surface area contributed by atoms with Crippen molar-refractivity contribution in [1.82, 2.24) is 9.36 Å². The molecule has 118 valence electrons. The summed E-state index contributed by atoms with van der Waals surface area (Å²) in [6, 6.07) is 4.61. The summed E-state index contributed by atoms with van der Waals surface area (Å²) in [5.41, 5.74) is 0. The van der Waals surface area contributed by atoms with Crippen LogP contribution in [-0.4, -0.2) is 31.0 Å². The Bertz CT molecular complexity index is 740. The van der Waals surface area contributed by atoms with Gasteiger partial charge in [0.25, 0.3) is 10.0 Å². The molecule has 1 aliphatic rings. The Balaban J connectivity index is 1.75. The first-order valence-corrected chi connectivity index (χ1v) is 9.00. The molecular weight excluding hydrogens is 329 g/mol. The number of aromatic nitrogens is 2. The Morgan fingerprint density at radius 1 is 1.23 bits per heavy atom. The van der Waals surface area contributed by atoms with E-state index in [9.17, 15) is 12.8 Å². The minimum absolute atomic E-state index is 0.0169. The lowest BCUT2D eigenvalue weighted by molar-refractivity contribution is 0.0838. The maximum atomic E-state index is 12.9. The topological polar surface area (TPSA) is 81.2 Å². The highest BCUT2D eigenvalue weighted by Crippen LogP contribution is 2.27. The van der Waals surface area contributed by atoms with E-state index < -0.39 is 15.8 Å². The predicted molar refractivity (Wildman–Crippen MR) is 79.9 cm³/mol. The monoisotopic (exact) mass is 343 g/mol. The van der Waals surface area contributed by atoms with Crippen LogP contribution in [0.4, 0.5) is 9.52 Å². The van der Waals surface area contributed by atoms with E-state index in [1.54, 1.807) is 0 Å². The Labute approximate surface area is 131 Å². The molecule has 0 bridgehead atoms. The highest BCUT2D eigenvalue weighted by molar-refractivity contribution is 7.93. The van der Waals surface area contributed by atoms with Gasteiger partial charge in [-0.2, -0.15) is 4.37 Å². The number of anilines is 1. The molecule has 0 amide bonds. The molecule has 0 radical (unpaired) electrons. The van der Waals surface area contributed by atoms with Crippen LogP contribution in [-0.2, 0) is 14.8 Å². The molecule has 0 spiro atoms. The van der Waals surface area contributed by atoms with Crippen LogP contribution in [0.5, 0.6) is 0 Å². The summed E-state index contributed by atoms with van der Waals surface area (Å²) in [5, 5.41) is 0.214. The van der Waals surface area contributed by atoms with Crippen LogP contribution in [0.15, 0.2) is 29.2 Å². The lowest BCUT2D eigenvalue weighted by Crippen LogP contribution is -2.16. The van der Waals surface area contributed by atoms with Crippen LogP contribution in [0.1, 0.15) is 24.6 Å². The number of benzene rings is 1. The summed E-state index contributed by atoms with van der Waals surface area (Å²) in [6.45, 7) is 1.33. The van der Waals surface area contributed by atoms with Crippen molar-refractivity contribution in [3.8, 4) is 0 Å². The number of nitrogens with one attached hydrogen (secondary N) is 1. The molecule has 0 saturated carbocycles. The van der Waals surface area contributed by atoms with E-state index >= 15 is 0 Å². The summed E-state index contributed by atoms with van der Waals surface area (Å²) >= 11 is 1.00. The van der Waals surface area contributed by atoms with Crippen molar-refractivity contribution >= 4 is 26.7 Å². The molecular formula is C13H14FN3O3S2. The average molecular weight is 343 g/mol. The van der Waals surface area contributed by atoms with E-state index in [4.69, 9.17) is 4.74 Å². The van der Waals surface area contributed by atoms with Gasteiger partial charge >= 0.3 is 0 Å². The lowest BCUT2D eigenvalue weighted by atomic mass is 10.00. The van der Waals surface area contributed by atoms with E-state index in [1.807, 2.05) is 0 Å². The Kier molecular flexibility index (Phi) is 4.37. The largest absolute Gasteiger partial charge is 0.381 e. The number of sulfonamides is 1. The zero-order valence-corrected chi connectivity index (χ0v) is 13.2. The molecule has 1 aromatic heterocycles. The highest BCUT2D eigenvalue weighted by Gasteiger charge is 2.22. The van der Waals surface area contributed by atoms with E-state index in [0.29, 0.717) is 19.0 Å². The van der Waals surface area contributed by atoms with E-state index in [0.717, 1.165) is 36.5 Å². The zero-order chi connectivity index (χ0) is 15.6. The maximum Gasteiger partial charge on any atom is 0.263 e. The highest BCUT2D eigenvalue weighted by atomic mass is 32.2. The van der Waals surface area contributed by atoms with Gasteiger partial charge in [0, 0.05) is 30.7 Å². The third-order valence-corrected chi connectivity index (χ3v) is 5.50. The third kappa shape index (κ3) is 3.42. The van der Waals surface area contributed by atoms with Gasteiger partial charge in [0.2, 0.25) is 5.13 Å². The standard InChI is InChI=1S/C13H14FN3O3S2/c14-10-1-3-11(4-2-10)22(18,19)17-13-15-12(16-21-13)9-5-7-20-8-6-9/h1-4,9H,5-8H2,(H,15,16,17). The van der Waals surface area contributed by atoms with Crippen molar-refractivity contribution in [1.29, 1.82) is 0 Å². The van der Waals surface area contributed by atoms with Gasteiger partial charge in [-0.3, -0.25) is 4.72 Å². The maximum absolute atomic E-state index is 12.9. The quantitative estimate of drug-likeness (QED) is 0.922. The summed E-state index contributed by atoms with van der Waals surface area (Å²) in [4.78, 5) is 4.23. The van der Waals surface area contributed by atoms with Crippen molar-refractivity contribution in [3.05, 3.63) is 35.9 Å². The van der Waals surface area contributed by atoms with Crippen LogP contribution in [0.3, 0.4) is 0 Å². The molecule has 2 heterocycles. The summed E-state index contributed by atoms with van der Waals surface area (Å²) < 4.78 is 49.1. The molecule has 1 saturated heterocycles. The molecule has 1 aromatic carbocycles. The minimum atomic E-state index is -3.78. The second kappa shape index (κ2) is 6.27. The van der Waals surface area contributed by atoms with Gasteiger partial charge in [0.05, 0.1) is 4.90 Å². The fraction of sp³-hybridized carbons (Fsp3) is 0.385. The normalized spacial score (nSPS) is 16.6. The van der Waals surface area contributed by atoms with Crippen LogP contribution < -0.4 is 4.72 Å². The first kappa shape index (κ1) is 15.3. The molecule has 1 aliphatic heterocycles. The molecule has 1 fully saturated rings. The molecule has 22 heavy (non-hydrogen) atoms. The Morgan fingerprint density at radius 3 is 2.59 bits per heavy atom. The van der Waals surface area contributed by atoms with Crippen LogP contribution in [0.2, 0.25) is 0 Å². The van der Waals surface area contributed by atoms with Crippen molar-refractivity contribution in [2.24, 2.45) is 0 Å². The third-order valence-electron chi connectivity index (χ3n) is 3.37. The van der Waals surface area contributed by atoms with E-state index in [-0.39, 0.29) is 15.9 Å². The fourth-order valence-corrected chi connectivity index (χ4v) is 4.06. The Hall–Kier alpha value is -1.58. The van der Waals surface area contributed by atoms with Crippen LogP contribution >= 0.6 is 11.5 Å². The minimum Gasteiger partial charge on any atom is -0.381 e. The molecule has 2 aromatic rings. The van der Waals surface area contributed by atoms with E-state index in [1.165, 1.54) is 12.1 Å². The van der Waals surface area contributed by atoms with Gasteiger partial charge in [-0.15, -0.1) is 0 Å². The second-order valence-electron chi connectivity index (χ2n) is 4.90. The van der Waals surface area contributed by atoms with Gasteiger partial charge in [-0.1, -0.05) is 0 Å². The molecule has 0 atom stereocenters. The van der Waals surface area contributed by atoms with E-state index in [2.05, 4.69) is 14.1 Å². The van der Waals surface area contributed by atoms with Crippen molar-refractivity contribution in [3.63, 3.8) is 0 Å². The van der Waals surface area contributed by atoms with Gasteiger partial charge in [0.15, 0.2) is 0 Å². The number of halogens is 1. The summed E-state index contributed by atoms with van der Waals surface area (Å²) in [6.07, 6.45) is 1.67. The number of ether oxygens (including phenoxy) is 1. The smallest absolute Gasteiger partial charge is 0.263 e. The van der Waals surface area contributed by atoms with Crippen molar-refractivity contribution in [2.45, 2.75) is 23.7 Å². The SMILES string of the molecule is O=S(=O)(Nc1nc(C2CCOCC2)ns1)c1ccc(F)cc1. The lowest BCUT2D eigenvalue weighted by Gasteiger charge is -2.18. The molecule has 9 heteroatoms. The first-order valence-electron chi connectivity index (χ1n) is 6.74. The van der Waals surface area contributed by atoms with Gasteiger partial charge in [-0.05, 0) is 37.1 Å². The average Bonchev–Trinajstić information content (AvgIpc) is 2.96. The predicted octanol–water partition coefficient (Wildman–Crippen LogP) is 2.37. The van der Waals surface area contributed by atoms with Gasteiger partial charge in [0.1, 0.15) is 11.6 Å². The molecule has 3 rings (SSSR count). The van der Waals surface area contributed by atoms with Gasteiger partial charge in [-0.25, -0.2) is 17.8 Å². The van der Waals surface area contributed by atoms with Crippen molar-refractivity contribution in [2.75, 3.05) is 17.9 Å². The Morgan fingerprint density at radius 2 is 1.91 bits per heavy atom. The van der Waals surface area contributed by atoms with Crippen LogP contribution in [0, 0.1) is 5.82 Å². The second-order valence-corrected chi connectivity index (χ2v) is 7.34. The van der Waals surface area contributed by atoms with Crippen molar-refractivity contribution < 1.29 is 17.5 Å². The molecule has 1 N–H and O–H groups in total.